The van der Waals surface area contributed by atoms with Crippen molar-refractivity contribution in [2.75, 3.05) is 25.0 Å². The molecule has 2 N–H and O–H groups in total. The first-order valence-corrected chi connectivity index (χ1v) is 8.36. The van der Waals surface area contributed by atoms with E-state index in [4.69, 9.17) is 11.6 Å². The van der Waals surface area contributed by atoms with E-state index in [2.05, 4.69) is 22.1 Å². The van der Waals surface area contributed by atoms with Crippen molar-refractivity contribution in [3.8, 4) is 0 Å². The van der Waals surface area contributed by atoms with Crippen molar-refractivity contribution in [2.45, 2.75) is 51.6 Å². The van der Waals surface area contributed by atoms with Crippen molar-refractivity contribution in [1.29, 1.82) is 0 Å². The zero-order valence-corrected chi connectivity index (χ0v) is 13.6. The predicted octanol–water partition coefficient (Wildman–Crippen LogP) is 3.29. The molecule has 0 radical (unpaired) electrons. The van der Waals surface area contributed by atoms with Crippen LogP contribution in [-0.2, 0) is 6.54 Å². The molecule has 0 aromatic carbocycles. The molecule has 2 heterocycles. The van der Waals surface area contributed by atoms with Gasteiger partial charge in [-0.25, -0.2) is 4.98 Å². The molecule has 21 heavy (non-hydrogen) atoms. The van der Waals surface area contributed by atoms with E-state index in [1.165, 1.54) is 19.3 Å². The number of halogens is 1. The highest BCUT2D eigenvalue weighted by atomic mass is 35.5. The van der Waals surface area contributed by atoms with Crippen LogP contribution in [0.3, 0.4) is 0 Å². The number of rotatable bonds is 6. The van der Waals surface area contributed by atoms with Gasteiger partial charge < -0.3 is 10.4 Å². The molecule has 0 amide bonds. The van der Waals surface area contributed by atoms with Crippen LogP contribution in [0.2, 0.25) is 5.02 Å². The fraction of sp³-hybridized carbons (Fsp3) is 0.688. The Kier molecular flexibility index (Phi) is 6.74. The highest BCUT2D eigenvalue weighted by Crippen LogP contribution is 2.23. The number of likely N-dealkylation sites (tertiary alicyclic amines) is 1. The van der Waals surface area contributed by atoms with E-state index in [-0.39, 0.29) is 12.6 Å². The summed E-state index contributed by atoms with van der Waals surface area (Å²) in [7, 11) is 0. The van der Waals surface area contributed by atoms with E-state index in [1.54, 1.807) is 0 Å². The Bertz CT molecular complexity index is 442. The van der Waals surface area contributed by atoms with Gasteiger partial charge >= 0.3 is 0 Å². The van der Waals surface area contributed by atoms with Crippen molar-refractivity contribution in [3.05, 3.63) is 22.8 Å². The number of nitrogens with zero attached hydrogens (tertiary/aromatic N) is 2. The quantitative estimate of drug-likeness (QED) is 0.846. The van der Waals surface area contributed by atoms with Crippen LogP contribution in [0.4, 0.5) is 5.82 Å². The normalized spacial score (nSPS) is 20.2. The number of anilines is 1. The SMILES string of the molecule is CCCNc1ccc(Cl)c(CN2CCCCCC2CO)n1. The highest BCUT2D eigenvalue weighted by molar-refractivity contribution is 6.31. The van der Waals surface area contributed by atoms with Crippen LogP contribution >= 0.6 is 11.6 Å². The fourth-order valence-electron chi connectivity index (χ4n) is 2.79. The molecule has 1 fully saturated rings. The first-order valence-electron chi connectivity index (χ1n) is 7.98. The lowest BCUT2D eigenvalue weighted by atomic mass is 10.1. The van der Waals surface area contributed by atoms with Gasteiger partial charge in [0, 0.05) is 19.1 Å². The number of hydrogen-bond donors (Lipinski definition) is 2. The maximum atomic E-state index is 9.60. The number of aliphatic hydroxyl groups excluding tert-OH is 1. The van der Waals surface area contributed by atoms with Crippen molar-refractivity contribution < 1.29 is 5.11 Å². The second-order valence-electron chi connectivity index (χ2n) is 5.71. The zero-order chi connectivity index (χ0) is 15.1. The summed E-state index contributed by atoms with van der Waals surface area (Å²) in [6.07, 6.45) is 5.75. The second-order valence-corrected chi connectivity index (χ2v) is 6.12. The van der Waals surface area contributed by atoms with Crippen LogP contribution in [-0.4, -0.2) is 40.7 Å². The summed E-state index contributed by atoms with van der Waals surface area (Å²) < 4.78 is 0. The summed E-state index contributed by atoms with van der Waals surface area (Å²) in [5.41, 5.74) is 0.901. The molecule has 1 unspecified atom stereocenters. The monoisotopic (exact) mass is 311 g/mol. The molecule has 1 atom stereocenters. The van der Waals surface area contributed by atoms with Crippen LogP contribution in [0, 0.1) is 0 Å². The first kappa shape index (κ1) is 16.5. The molecule has 118 valence electrons. The largest absolute Gasteiger partial charge is 0.395 e. The predicted molar refractivity (Wildman–Crippen MR) is 87.8 cm³/mol. The maximum absolute atomic E-state index is 9.60. The Morgan fingerprint density at radius 1 is 1.38 bits per heavy atom. The first-order chi connectivity index (χ1) is 10.2. The van der Waals surface area contributed by atoms with Crippen LogP contribution in [0.1, 0.15) is 44.7 Å². The van der Waals surface area contributed by atoms with Crippen molar-refractivity contribution in [3.63, 3.8) is 0 Å². The third-order valence-corrected chi connectivity index (χ3v) is 4.38. The van der Waals surface area contributed by atoms with E-state index in [1.807, 2.05) is 12.1 Å². The van der Waals surface area contributed by atoms with Gasteiger partial charge in [0.15, 0.2) is 0 Å². The van der Waals surface area contributed by atoms with Gasteiger partial charge in [-0.2, -0.15) is 0 Å². The third kappa shape index (κ3) is 4.83. The third-order valence-electron chi connectivity index (χ3n) is 4.04. The average molecular weight is 312 g/mol. The van der Waals surface area contributed by atoms with Gasteiger partial charge in [0.25, 0.3) is 0 Å². The summed E-state index contributed by atoms with van der Waals surface area (Å²) in [6.45, 7) is 4.98. The topological polar surface area (TPSA) is 48.4 Å². The van der Waals surface area contributed by atoms with Gasteiger partial charge in [-0.3, -0.25) is 4.90 Å². The average Bonchev–Trinajstić information content (AvgIpc) is 2.73. The van der Waals surface area contributed by atoms with Gasteiger partial charge in [0.2, 0.25) is 0 Å². The van der Waals surface area contributed by atoms with E-state index in [0.717, 1.165) is 37.4 Å². The van der Waals surface area contributed by atoms with Gasteiger partial charge in [-0.15, -0.1) is 0 Å². The lowest BCUT2D eigenvalue weighted by Gasteiger charge is -2.28. The molecule has 2 rings (SSSR count). The molecule has 0 saturated carbocycles. The Morgan fingerprint density at radius 2 is 2.24 bits per heavy atom. The minimum atomic E-state index is 0.214. The molecule has 0 spiro atoms. The molecule has 5 heteroatoms. The van der Waals surface area contributed by atoms with Crippen molar-refractivity contribution in [2.24, 2.45) is 0 Å². The number of pyridine rings is 1. The highest BCUT2D eigenvalue weighted by Gasteiger charge is 2.21. The van der Waals surface area contributed by atoms with E-state index >= 15 is 0 Å². The van der Waals surface area contributed by atoms with Crippen LogP contribution in [0.25, 0.3) is 0 Å². The molecule has 4 nitrogen and oxygen atoms in total. The summed E-state index contributed by atoms with van der Waals surface area (Å²) in [6, 6.07) is 4.07. The lowest BCUT2D eigenvalue weighted by molar-refractivity contribution is 0.117. The summed E-state index contributed by atoms with van der Waals surface area (Å²) in [5, 5.41) is 13.6. The summed E-state index contributed by atoms with van der Waals surface area (Å²) >= 11 is 6.30. The lowest BCUT2D eigenvalue weighted by Crippen LogP contribution is -2.37. The Balaban J connectivity index is 2.08. The number of hydrogen-bond acceptors (Lipinski definition) is 4. The smallest absolute Gasteiger partial charge is 0.126 e. The molecule has 1 saturated heterocycles. The molecule has 1 aliphatic rings. The minimum absolute atomic E-state index is 0.214. The molecule has 0 bridgehead atoms. The Morgan fingerprint density at radius 3 is 3.00 bits per heavy atom. The molecule has 1 aromatic rings. The Labute approximate surface area is 132 Å². The molecule has 1 aromatic heterocycles. The molecule has 0 aliphatic carbocycles. The van der Waals surface area contributed by atoms with Gasteiger partial charge in [0.05, 0.1) is 17.3 Å². The van der Waals surface area contributed by atoms with Crippen molar-refractivity contribution >= 4 is 17.4 Å². The second kappa shape index (κ2) is 8.57. The molecular weight excluding hydrogens is 286 g/mol. The minimum Gasteiger partial charge on any atom is -0.395 e. The van der Waals surface area contributed by atoms with Crippen molar-refractivity contribution in [1.82, 2.24) is 9.88 Å². The molecule has 1 aliphatic heterocycles. The van der Waals surface area contributed by atoms with Gasteiger partial charge in [-0.05, 0) is 37.9 Å². The van der Waals surface area contributed by atoms with Crippen LogP contribution < -0.4 is 5.32 Å². The summed E-state index contributed by atoms with van der Waals surface area (Å²) in [4.78, 5) is 6.96. The Hall–Kier alpha value is -0.840. The van der Waals surface area contributed by atoms with E-state index in [9.17, 15) is 5.11 Å². The van der Waals surface area contributed by atoms with Crippen LogP contribution in [0.15, 0.2) is 12.1 Å². The number of nitrogens with one attached hydrogen (secondary N) is 1. The van der Waals surface area contributed by atoms with E-state index in [0.29, 0.717) is 11.6 Å². The summed E-state index contributed by atoms with van der Waals surface area (Å²) in [5.74, 6) is 0.881. The number of aliphatic hydroxyl groups is 1. The maximum Gasteiger partial charge on any atom is 0.126 e. The van der Waals surface area contributed by atoms with Crippen LogP contribution in [0.5, 0.6) is 0 Å². The molecular formula is C16H26ClN3O. The standard InChI is InChI=1S/C16H26ClN3O/c1-2-9-18-16-8-7-14(17)15(19-16)11-20-10-5-3-4-6-13(20)12-21/h7-8,13,21H,2-6,9-12H2,1H3,(H,18,19). The van der Waals surface area contributed by atoms with Gasteiger partial charge in [0.1, 0.15) is 5.82 Å². The zero-order valence-electron chi connectivity index (χ0n) is 12.8. The van der Waals surface area contributed by atoms with E-state index < -0.39 is 0 Å². The number of aromatic nitrogens is 1. The van der Waals surface area contributed by atoms with Gasteiger partial charge in [-0.1, -0.05) is 31.4 Å². The fourth-order valence-corrected chi connectivity index (χ4v) is 2.96.